The Hall–Kier alpha value is -0.640. The largest absolute Gasteiger partial charge is 0.437 e. The molecule has 3 heterocycles. The minimum absolute atomic E-state index is 0.0464. The highest BCUT2D eigenvalue weighted by Gasteiger charge is 2.54. The van der Waals surface area contributed by atoms with Gasteiger partial charge in [-0.1, -0.05) is 25.2 Å². The molecule has 2 aromatic heterocycles. The average Bonchev–Trinajstić information content (AvgIpc) is 3.01. The van der Waals surface area contributed by atoms with Gasteiger partial charge >= 0.3 is 0 Å². The van der Waals surface area contributed by atoms with Crippen LogP contribution >= 0.6 is 27.5 Å². The van der Waals surface area contributed by atoms with Crippen molar-refractivity contribution in [3.63, 3.8) is 0 Å². The maximum absolute atomic E-state index is 11.2. The SMILES string of the molecule is [2H]B(C)OC[C@H]1O[C@@H](n2cc(Br)c3c(Cl)ncnc32)[C@](C)(O)[C@@H]1OB([2H])C. The second-order valence-corrected chi connectivity index (χ2v) is 7.07. The minimum Gasteiger partial charge on any atom is -0.437 e. The lowest BCUT2D eigenvalue weighted by atomic mass is 9.93. The smallest absolute Gasteiger partial charge is 0.272 e. The summed E-state index contributed by atoms with van der Waals surface area (Å²) in [7, 11) is -1.62. The zero-order valence-corrected chi connectivity index (χ0v) is 16.4. The van der Waals surface area contributed by atoms with E-state index in [2.05, 4.69) is 25.9 Å². The molecule has 25 heavy (non-hydrogen) atoms. The van der Waals surface area contributed by atoms with Crippen LogP contribution < -0.4 is 0 Å². The van der Waals surface area contributed by atoms with E-state index in [0.29, 0.717) is 15.5 Å². The summed E-state index contributed by atoms with van der Waals surface area (Å²) in [5.41, 5.74) is -1.00. The molecule has 1 N–H and O–H groups in total. The topological polar surface area (TPSA) is 78.6 Å². The molecule has 0 bridgehead atoms. The van der Waals surface area contributed by atoms with E-state index in [4.69, 9.17) is 28.3 Å². The summed E-state index contributed by atoms with van der Waals surface area (Å²) in [5, 5.41) is 12.1. The van der Waals surface area contributed by atoms with Crippen molar-refractivity contribution < 1.29 is 19.2 Å². The van der Waals surface area contributed by atoms with Crippen molar-refractivity contribution in [2.24, 2.45) is 0 Å². The van der Waals surface area contributed by atoms with Gasteiger partial charge in [-0.3, -0.25) is 0 Å². The Morgan fingerprint density at radius 3 is 2.96 bits per heavy atom. The van der Waals surface area contributed by atoms with Crippen molar-refractivity contribution in [3.05, 3.63) is 22.1 Å². The van der Waals surface area contributed by atoms with Gasteiger partial charge in [0.15, 0.2) is 6.23 Å². The molecule has 0 radical (unpaired) electrons. The Morgan fingerprint density at radius 1 is 1.52 bits per heavy atom. The van der Waals surface area contributed by atoms with E-state index in [1.807, 2.05) is 0 Å². The number of fused-ring (bicyclic) bond motifs is 1. The fourth-order valence-electron chi connectivity index (χ4n) is 3.11. The molecule has 0 saturated carbocycles. The van der Waals surface area contributed by atoms with Crippen LogP contribution in [-0.2, 0) is 14.0 Å². The Morgan fingerprint density at radius 2 is 2.28 bits per heavy atom. The van der Waals surface area contributed by atoms with E-state index in [0.717, 1.165) is 0 Å². The van der Waals surface area contributed by atoms with Gasteiger partial charge in [0.25, 0.3) is 14.9 Å². The van der Waals surface area contributed by atoms with Gasteiger partial charge in [0.2, 0.25) is 0 Å². The van der Waals surface area contributed by atoms with Gasteiger partial charge in [0.05, 0.1) is 12.0 Å². The predicted molar refractivity (Wildman–Crippen MR) is 102 cm³/mol. The number of aliphatic hydroxyl groups is 1. The van der Waals surface area contributed by atoms with Crippen LogP contribution in [0.1, 0.15) is 13.2 Å². The fourth-order valence-corrected chi connectivity index (χ4v) is 4.04. The Balaban J connectivity index is 2.01. The molecule has 0 amide bonds. The number of ether oxygens (including phenoxy) is 1. The molecule has 3 rings (SSSR count). The van der Waals surface area contributed by atoms with Crippen LogP contribution in [0.25, 0.3) is 11.0 Å². The molecule has 0 aliphatic carbocycles. The quantitative estimate of drug-likeness (QED) is 0.553. The Labute approximate surface area is 163 Å². The first kappa shape index (κ1) is 16.5. The zero-order chi connectivity index (χ0) is 19.9. The maximum Gasteiger partial charge on any atom is 0.272 e. The average molecular weight is 432 g/mol. The highest BCUT2D eigenvalue weighted by Crippen LogP contribution is 2.43. The molecule has 7 nitrogen and oxygen atoms in total. The highest BCUT2D eigenvalue weighted by molar-refractivity contribution is 9.10. The molecule has 134 valence electrons. The molecule has 1 aliphatic heterocycles. The molecule has 0 unspecified atom stereocenters. The van der Waals surface area contributed by atoms with Crippen LogP contribution in [0, 0.1) is 0 Å². The van der Waals surface area contributed by atoms with Crippen molar-refractivity contribution >= 4 is 53.5 Å². The normalized spacial score (nSPS) is 30.4. The third-order valence-corrected chi connectivity index (χ3v) is 5.08. The third kappa shape index (κ3) is 3.36. The van der Waals surface area contributed by atoms with E-state index in [-0.39, 0.29) is 11.8 Å². The van der Waals surface area contributed by atoms with Gasteiger partial charge in [-0.05, 0) is 22.9 Å². The van der Waals surface area contributed by atoms with Crippen LogP contribution in [0.15, 0.2) is 17.0 Å². The lowest BCUT2D eigenvalue weighted by Gasteiger charge is -2.30. The van der Waals surface area contributed by atoms with Crippen molar-refractivity contribution in [2.75, 3.05) is 6.61 Å². The molecule has 1 saturated heterocycles. The van der Waals surface area contributed by atoms with E-state index in [9.17, 15) is 5.11 Å². The summed E-state index contributed by atoms with van der Waals surface area (Å²) in [4.78, 5) is 8.25. The molecule has 0 spiro atoms. The van der Waals surface area contributed by atoms with Gasteiger partial charge in [-0.15, -0.1) is 0 Å². The number of hydrogen-bond acceptors (Lipinski definition) is 6. The van der Waals surface area contributed by atoms with Crippen molar-refractivity contribution in [1.82, 2.24) is 14.5 Å². The molecule has 11 heteroatoms. The van der Waals surface area contributed by atoms with E-state index in [1.165, 1.54) is 6.33 Å². The van der Waals surface area contributed by atoms with Gasteiger partial charge in [0, 0.05) is 13.3 Å². The summed E-state index contributed by atoms with van der Waals surface area (Å²) in [6.07, 6.45) is 0.679. The molecular formula is C14H19B2BrClN3O4. The van der Waals surface area contributed by atoms with Crippen LogP contribution in [0.3, 0.4) is 0 Å². The second-order valence-electron chi connectivity index (χ2n) is 5.86. The Bertz CT molecular complexity index is 829. The van der Waals surface area contributed by atoms with E-state index < -0.39 is 38.9 Å². The number of halogens is 2. The van der Waals surface area contributed by atoms with Crippen LogP contribution in [0.5, 0.6) is 0 Å². The predicted octanol–water partition coefficient (Wildman–Crippen LogP) is 1.70. The molecule has 1 aliphatic rings. The monoisotopic (exact) mass is 431 g/mol. The first-order chi connectivity index (χ1) is 12.6. The summed E-state index contributed by atoms with van der Waals surface area (Å²) in [6, 6.07) is 0. The highest BCUT2D eigenvalue weighted by atomic mass is 79.9. The lowest BCUT2D eigenvalue weighted by Crippen LogP contribution is -2.46. The molecule has 1 fully saturated rings. The van der Waals surface area contributed by atoms with Gasteiger partial charge < -0.3 is 23.7 Å². The number of aromatic nitrogens is 3. The lowest BCUT2D eigenvalue weighted by molar-refractivity contribution is -0.0916. The standard InChI is InChI=1S/C14H19B2BrClN3O4/c1-14(22)10(25-16-3)8(5-23-15-2)24-13(14)21-4-7(17)9-11(18)19-6-20-12(9)21/h4,6,8,10,13,15-16,22H,5H2,1-3H3/t8-,10-,13-,14-/m1/s1/i15D,16D. The molecule has 4 atom stereocenters. The molecular weight excluding hydrogens is 411 g/mol. The van der Waals surface area contributed by atoms with Gasteiger partial charge in [-0.2, -0.15) is 0 Å². The van der Waals surface area contributed by atoms with Crippen LogP contribution in [-0.4, -0.2) is 61.6 Å². The van der Waals surface area contributed by atoms with Crippen LogP contribution in [0.4, 0.5) is 0 Å². The van der Waals surface area contributed by atoms with Crippen molar-refractivity contribution in [2.45, 2.75) is 44.6 Å². The summed E-state index contributed by atoms with van der Waals surface area (Å²) < 4.78 is 34.6. The van der Waals surface area contributed by atoms with Crippen molar-refractivity contribution in [1.29, 1.82) is 2.67 Å². The van der Waals surface area contributed by atoms with Gasteiger partial charge in [0.1, 0.15) is 34.9 Å². The van der Waals surface area contributed by atoms with Crippen molar-refractivity contribution in [3.8, 4) is 0 Å². The summed E-state index contributed by atoms with van der Waals surface area (Å²) in [5.74, 6) is 0. The molecule has 2 aromatic rings. The summed E-state index contributed by atoms with van der Waals surface area (Å²) >= 11 is 9.62. The first-order valence-corrected chi connectivity index (χ1v) is 8.96. The second kappa shape index (κ2) is 7.54. The number of nitrogens with zero attached hydrogens (tertiary/aromatic N) is 3. The van der Waals surface area contributed by atoms with Crippen LogP contribution in [0.2, 0.25) is 18.8 Å². The zero-order valence-electron chi connectivity index (χ0n) is 16.0. The minimum atomic E-state index is -1.49. The number of rotatable bonds is 6. The first-order valence-electron chi connectivity index (χ1n) is 8.94. The Kier molecular flexibility index (Phi) is 4.98. The fraction of sp³-hybridized carbons (Fsp3) is 0.571. The molecule has 0 aromatic carbocycles. The third-order valence-electron chi connectivity index (χ3n) is 4.20. The number of hydrogen-bond donors (Lipinski definition) is 1. The van der Waals surface area contributed by atoms with E-state index in [1.54, 1.807) is 31.3 Å². The summed E-state index contributed by atoms with van der Waals surface area (Å²) in [6.45, 7) is 4.77. The van der Waals surface area contributed by atoms with Gasteiger partial charge in [-0.25, -0.2) is 9.97 Å². The maximum atomic E-state index is 11.2. The van der Waals surface area contributed by atoms with E-state index >= 15 is 0 Å².